The van der Waals surface area contributed by atoms with Crippen LogP contribution in [0.5, 0.6) is 0 Å². The van der Waals surface area contributed by atoms with Crippen molar-refractivity contribution in [2.45, 2.75) is 42.1 Å². The molecular weight excluding hydrogens is 422 g/mol. The van der Waals surface area contributed by atoms with Crippen LogP contribution in [0.1, 0.15) is 25.5 Å². The molecule has 9 heteroatoms. The zero-order valence-corrected chi connectivity index (χ0v) is 18.8. The van der Waals surface area contributed by atoms with Crippen molar-refractivity contribution in [1.29, 1.82) is 0 Å². The number of anilines is 1. The third kappa shape index (κ3) is 4.44. The first-order valence-electron chi connectivity index (χ1n) is 10.1. The Kier molecular flexibility index (Phi) is 6.24. The number of carbonyl (C=O) groups is 1. The summed E-state index contributed by atoms with van der Waals surface area (Å²) in [5, 5.41) is 2.89. The first kappa shape index (κ1) is 21.4. The summed E-state index contributed by atoms with van der Waals surface area (Å²) in [7, 11) is -1.73. The van der Waals surface area contributed by atoms with Crippen molar-refractivity contribution in [1.82, 2.24) is 9.21 Å². The molecule has 4 rings (SSSR count). The van der Waals surface area contributed by atoms with E-state index in [-0.39, 0.29) is 29.3 Å². The SMILES string of the molecule is C[C@@H]1CSc2ccc(S(=O)(=O)N(Cc3ccco3)C3CCN(C)CC3)cc2NC1=O. The van der Waals surface area contributed by atoms with Gasteiger partial charge in [-0.05, 0) is 63.3 Å². The second-order valence-electron chi connectivity index (χ2n) is 8.02. The van der Waals surface area contributed by atoms with Crippen molar-refractivity contribution >= 4 is 33.4 Å². The number of amides is 1. The third-order valence-electron chi connectivity index (χ3n) is 5.74. The molecule has 1 aromatic heterocycles. The Bertz CT molecular complexity index is 999. The minimum absolute atomic E-state index is 0.0847. The zero-order chi connectivity index (χ0) is 21.3. The standard InChI is InChI=1S/C21H27N3O4S2/c1-15-14-29-20-6-5-18(12-19(20)22-21(15)25)30(26,27)24(13-17-4-3-11-28-17)16-7-9-23(2)10-8-16/h3-6,11-12,15-16H,7-10,13-14H2,1-2H3,(H,22,25)/t15-/m1/s1. The van der Waals surface area contributed by atoms with Gasteiger partial charge in [0, 0.05) is 22.6 Å². The molecule has 0 unspecified atom stereocenters. The smallest absolute Gasteiger partial charge is 0.243 e. The van der Waals surface area contributed by atoms with Crippen molar-refractivity contribution in [2.24, 2.45) is 5.92 Å². The lowest BCUT2D eigenvalue weighted by molar-refractivity contribution is -0.118. The molecule has 0 radical (unpaired) electrons. The van der Waals surface area contributed by atoms with Gasteiger partial charge in [-0.25, -0.2) is 8.42 Å². The zero-order valence-electron chi connectivity index (χ0n) is 17.2. The quantitative estimate of drug-likeness (QED) is 0.755. The summed E-state index contributed by atoms with van der Waals surface area (Å²) in [4.78, 5) is 15.6. The van der Waals surface area contributed by atoms with Crippen molar-refractivity contribution in [3.63, 3.8) is 0 Å². The minimum atomic E-state index is -3.78. The van der Waals surface area contributed by atoms with Crippen LogP contribution in [0.2, 0.25) is 0 Å². The molecule has 1 amide bonds. The second-order valence-corrected chi connectivity index (χ2v) is 11.0. The maximum atomic E-state index is 13.7. The molecule has 2 aliphatic rings. The molecule has 30 heavy (non-hydrogen) atoms. The van der Waals surface area contributed by atoms with Crippen molar-refractivity contribution < 1.29 is 17.6 Å². The molecule has 2 aromatic rings. The van der Waals surface area contributed by atoms with Gasteiger partial charge in [-0.1, -0.05) is 6.92 Å². The van der Waals surface area contributed by atoms with E-state index in [1.54, 1.807) is 52.7 Å². The number of nitrogens with zero attached hydrogens (tertiary/aromatic N) is 2. The molecule has 1 saturated heterocycles. The van der Waals surface area contributed by atoms with E-state index in [1.807, 2.05) is 6.92 Å². The number of sulfonamides is 1. The Labute approximate surface area is 181 Å². The highest BCUT2D eigenvalue weighted by atomic mass is 32.2. The molecule has 162 valence electrons. The van der Waals surface area contributed by atoms with E-state index in [0.29, 0.717) is 17.2 Å². The molecule has 3 heterocycles. The Hall–Kier alpha value is -1.81. The van der Waals surface area contributed by atoms with Gasteiger partial charge in [0.05, 0.1) is 23.4 Å². The van der Waals surface area contributed by atoms with Gasteiger partial charge >= 0.3 is 0 Å². The fourth-order valence-electron chi connectivity index (χ4n) is 3.82. The third-order valence-corrected chi connectivity index (χ3v) is 8.97. The van der Waals surface area contributed by atoms with Gasteiger partial charge in [0.2, 0.25) is 15.9 Å². The number of nitrogens with one attached hydrogen (secondary N) is 1. The number of carbonyl (C=O) groups excluding carboxylic acids is 1. The molecule has 1 aromatic carbocycles. The maximum absolute atomic E-state index is 13.7. The van der Waals surface area contributed by atoms with Gasteiger partial charge in [-0.2, -0.15) is 4.31 Å². The molecule has 0 bridgehead atoms. The van der Waals surface area contributed by atoms with E-state index in [1.165, 1.54) is 0 Å². The number of thioether (sulfide) groups is 1. The summed E-state index contributed by atoms with van der Waals surface area (Å²) in [6, 6.07) is 8.51. The van der Waals surface area contributed by atoms with E-state index in [0.717, 1.165) is 30.8 Å². The highest BCUT2D eigenvalue weighted by molar-refractivity contribution is 7.99. The minimum Gasteiger partial charge on any atom is -0.468 e. The van der Waals surface area contributed by atoms with Gasteiger partial charge in [0.1, 0.15) is 5.76 Å². The molecule has 0 spiro atoms. The first-order chi connectivity index (χ1) is 14.3. The summed E-state index contributed by atoms with van der Waals surface area (Å²) in [6.07, 6.45) is 3.10. The van der Waals surface area contributed by atoms with E-state index in [4.69, 9.17) is 4.42 Å². The molecule has 7 nitrogen and oxygen atoms in total. The normalized spacial score (nSPS) is 21.3. The lowest BCUT2D eigenvalue weighted by Crippen LogP contribution is -2.46. The summed E-state index contributed by atoms with van der Waals surface area (Å²) < 4.78 is 34.4. The number of fused-ring (bicyclic) bond motifs is 1. The van der Waals surface area contributed by atoms with E-state index in [9.17, 15) is 13.2 Å². The van der Waals surface area contributed by atoms with Gasteiger partial charge in [0.25, 0.3) is 0 Å². The second kappa shape index (κ2) is 8.74. The summed E-state index contributed by atoms with van der Waals surface area (Å²) in [5.74, 6) is 1.08. The van der Waals surface area contributed by atoms with Gasteiger partial charge in [-0.3, -0.25) is 4.79 Å². The fourth-order valence-corrected chi connectivity index (χ4v) is 6.51. The molecular formula is C21H27N3O4S2. The molecule has 0 aliphatic carbocycles. The van der Waals surface area contributed by atoms with E-state index in [2.05, 4.69) is 17.3 Å². The van der Waals surface area contributed by atoms with Gasteiger partial charge < -0.3 is 14.6 Å². The highest BCUT2D eigenvalue weighted by Gasteiger charge is 2.34. The van der Waals surface area contributed by atoms with Crippen LogP contribution < -0.4 is 5.32 Å². The molecule has 2 aliphatic heterocycles. The highest BCUT2D eigenvalue weighted by Crippen LogP contribution is 2.35. The van der Waals surface area contributed by atoms with E-state index >= 15 is 0 Å². The fraction of sp³-hybridized carbons (Fsp3) is 0.476. The lowest BCUT2D eigenvalue weighted by Gasteiger charge is -2.36. The average molecular weight is 450 g/mol. The van der Waals surface area contributed by atoms with E-state index < -0.39 is 10.0 Å². The van der Waals surface area contributed by atoms with Crippen LogP contribution in [0, 0.1) is 5.92 Å². The number of furan rings is 1. The topological polar surface area (TPSA) is 82.9 Å². The summed E-state index contributed by atoms with van der Waals surface area (Å²) in [6.45, 7) is 3.77. The van der Waals surface area contributed by atoms with Crippen molar-refractivity contribution in [3.8, 4) is 0 Å². The molecule has 1 N–H and O–H groups in total. The van der Waals surface area contributed by atoms with Crippen LogP contribution in [-0.4, -0.2) is 55.5 Å². The number of rotatable bonds is 5. The Balaban J connectivity index is 1.67. The molecule has 1 atom stereocenters. The number of benzene rings is 1. The van der Waals surface area contributed by atoms with Crippen LogP contribution in [-0.2, 0) is 21.4 Å². The van der Waals surface area contributed by atoms with Crippen molar-refractivity contribution in [2.75, 3.05) is 31.2 Å². The van der Waals surface area contributed by atoms with Crippen LogP contribution in [0.15, 0.2) is 50.8 Å². The van der Waals surface area contributed by atoms with Crippen molar-refractivity contribution in [3.05, 3.63) is 42.4 Å². The molecule has 1 fully saturated rings. The Morgan fingerprint density at radius 2 is 2.03 bits per heavy atom. The van der Waals surface area contributed by atoms with Crippen LogP contribution in [0.3, 0.4) is 0 Å². The van der Waals surface area contributed by atoms with Crippen LogP contribution in [0.25, 0.3) is 0 Å². The lowest BCUT2D eigenvalue weighted by atomic mass is 10.1. The number of hydrogen-bond donors (Lipinski definition) is 1. The van der Waals surface area contributed by atoms with Gasteiger partial charge in [0.15, 0.2) is 0 Å². The Morgan fingerprint density at radius 1 is 1.27 bits per heavy atom. The Morgan fingerprint density at radius 3 is 2.73 bits per heavy atom. The summed E-state index contributed by atoms with van der Waals surface area (Å²) in [5.41, 5.74) is 0.566. The van der Waals surface area contributed by atoms with Gasteiger partial charge in [-0.15, -0.1) is 11.8 Å². The number of hydrogen-bond acceptors (Lipinski definition) is 6. The molecule has 0 saturated carbocycles. The predicted molar refractivity (Wildman–Crippen MR) is 117 cm³/mol. The summed E-state index contributed by atoms with van der Waals surface area (Å²) >= 11 is 1.57. The predicted octanol–water partition coefficient (Wildman–Crippen LogP) is 3.25. The number of likely N-dealkylation sites (tertiary alicyclic amines) is 1. The first-order valence-corrected chi connectivity index (χ1v) is 12.6. The monoisotopic (exact) mass is 449 g/mol. The number of piperidine rings is 1. The van der Waals surface area contributed by atoms with Crippen LogP contribution in [0.4, 0.5) is 5.69 Å². The largest absolute Gasteiger partial charge is 0.468 e. The maximum Gasteiger partial charge on any atom is 0.243 e. The van der Waals surface area contributed by atoms with Crippen LogP contribution >= 0.6 is 11.8 Å². The average Bonchev–Trinajstić information content (AvgIpc) is 3.20.